The molecule has 1 saturated carbocycles. The first-order chi connectivity index (χ1) is 12.9. The Morgan fingerprint density at radius 3 is 2.48 bits per heavy atom. The number of carbonyl (C=O) groups excluding carboxylic acids is 1. The number of likely N-dealkylation sites (tertiary alicyclic amines) is 1. The van der Waals surface area contributed by atoms with E-state index < -0.39 is 5.60 Å². The molecule has 0 radical (unpaired) electrons. The summed E-state index contributed by atoms with van der Waals surface area (Å²) >= 11 is 1.82. The van der Waals surface area contributed by atoms with Crippen molar-refractivity contribution in [3.8, 4) is 10.4 Å². The first-order valence-corrected chi connectivity index (χ1v) is 10.7. The SMILES string of the molecule is CC(C)(C)OC(=O)N1C[C@H]2CC(Cc3ncc(-c4ccccc4)s3)C[C@H]2C1. The lowest BCUT2D eigenvalue weighted by atomic mass is 10.0. The zero-order valence-electron chi connectivity index (χ0n) is 16.4. The van der Waals surface area contributed by atoms with Gasteiger partial charge >= 0.3 is 6.09 Å². The monoisotopic (exact) mass is 384 g/mol. The minimum absolute atomic E-state index is 0.152. The summed E-state index contributed by atoms with van der Waals surface area (Å²) in [7, 11) is 0. The van der Waals surface area contributed by atoms with Gasteiger partial charge in [-0.1, -0.05) is 30.3 Å². The first kappa shape index (κ1) is 18.5. The summed E-state index contributed by atoms with van der Waals surface area (Å²) in [5.74, 6) is 1.93. The van der Waals surface area contributed by atoms with Gasteiger partial charge in [-0.25, -0.2) is 9.78 Å². The van der Waals surface area contributed by atoms with E-state index in [2.05, 4.69) is 29.2 Å². The van der Waals surface area contributed by atoms with Gasteiger partial charge < -0.3 is 9.64 Å². The van der Waals surface area contributed by atoms with Crippen molar-refractivity contribution in [2.24, 2.45) is 17.8 Å². The number of carbonyl (C=O) groups is 1. The van der Waals surface area contributed by atoms with Crippen molar-refractivity contribution in [2.75, 3.05) is 13.1 Å². The Hall–Kier alpha value is -1.88. The second-order valence-corrected chi connectivity index (χ2v) is 10.0. The third kappa shape index (κ3) is 4.34. The van der Waals surface area contributed by atoms with E-state index >= 15 is 0 Å². The van der Waals surface area contributed by atoms with E-state index in [0.717, 1.165) is 19.5 Å². The number of ether oxygens (including phenoxy) is 1. The van der Waals surface area contributed by atoms with Crippen LogP contribution in [0.3, 0.4) is 0 Å². The lowest BCUT2D eigenvalue weighted by Gasteiger charge is -2.25. The quantitative estimate of drug-likeness (QED) is 0.726. The topological polar surface area (TPSA) is 42.4 Å². The van der Waals surface area contributed by atoms with Gasteiger partial charge in [0, 0.05) is 25.7 Å². The summed E-state index contributed by atoms with van der Waals surface area (Å²) in [5.41, 5.74) is 0.830. The molecule has 4 rings (SSSR count). The zero-order chi connectivity index (χ0) is 19.0. The van der Waals surface area contributed by atoms with Crippen LogP contribution in [0.2, 0.25) is 0 Å². The Kier molecular flexibility index (Phi) is 4.97. The van der Waals surface area contributed by atoms with Gasteiger partial charge in [0.15, 0.2) is 0 Å². The van der Waals surface area contributed by atoms with E-state index in [1.807, 2.05) is 49.3 Å². The molecule has 1 aromatic heterocycles. The highest BCUT2D eigenvalue weighted by Crippen LogP contribution is 2.43. The van der Waals surface area contributed by atoms with Gasteiger partial charge in [-0.2, -0.15) is 0 Å². The molecule has 3 atom stereocenters. The van der Waals surface area contributed by atoms with Crippen LogP contribution < -0.4 is 0 Å². The Morgan fingerprint density at radius 2 is 1.85 bits per heavy atom. The summed E-state index contributed by atoms with van der Waals surface area (Å²) in [4.78, 5) is 20.1. The summed E-state index contributed by atoms with van der Waals surface area (Å²) in [6.45, 7) is 7.48. The second-order valence-electron chi connectivity index (χ2n) is 8.93. The van der Waals surface area contributed by atoms with Crippen molar-refractivity contribution >= 4 is 17.4 Å². The van der Waals surface area contributed by atoms with Gasteiger partial charge in [0.25, 0.3) is 0 Å². The smallest absolute Gasteiger partial charge is 0.410 e. The van der Waals surface area contributed by atoms with Crippen LogP contribution in [0.15, 0.2) is 36.5 Å². The summed E-state index contributed by atoms with van der Waals surface area (Å²) in [5, 5.41) is 1.24. The zero-order valence-corrected chi connectivity index (χ0v) is 17.2. The molecule has 144 valence electrons. The average molecular weight is 385 g/mol. The number of rotatable bonds is 3. The van der Waals surface area contributed by atoms with Crippen LogP contribution in [0.25, 0.3) is 10.4 Å². The highest BCUT2D eigenvalue weighted by Gasteiger charge is 2.43. The molecule has 2 aliphatic rings. The molecule has 2 aromatic rings. The molecule has 2 heterocycles. The predicted octanol–water partition coefficient (Wildman–Crippen LogP) is 5.25. The Labute approximate surface area is 165 Å². The molecule has 0 N–H and O–H groups in total. The largest absolute Gasteiger partial charge is 0.444 e. The second kappa shape index (κ2) is 7.27. The molecule has 27 heavy (non-hydrogen) atoms. The predicted molar refractivity (Wildman–Crippen MR) is 109 cm³/mol. The fourth-order valence-corrected chi connectivity index (χ4v) is 5.49. The van der Waals surface area contributed by atoms with Crippen LogP contribution in [0.5, 0.6) is 0 Å². The first-order valence-electron chi connectivity index (χ1n) is 9.85. The highest BCUT2D eigenvalue weighted by atomic mass is 32.1. The molecule has 1 aromatic carbocycles. The normalized spacial score (nSPS) is 24.9. The van der Waals surface area contributed by atoms with Crippen LogP contribution >= 0.6 is 11.3 Å². The lowest BCUT2D eigenvalue weighted by molar-refractivity contribution is 0.0277. The van der Waals surface area contributed by atoms with Gasteiger partial charge in [0.1, 0.15) is 5.60 Å². The third-order valence-electron chi connectivity index (χ3n) is 5.58. The average Bonchev–Trinajstić information content (AvgIpc) is 3.29. The van der Waals surface area contributed by atoms with Gasteiger partial charge in [-0.05, 0) is 56.9 Å². The lowest BCUT2D eigenvalue weighted by Crippen LogP contribution is -2.36. The van der Waals surface area contributed by atoms with Crippen molar-refractivity contribution in [3.63, 3.8) is 0 Å². The number of amides is 1. The molecule has 4 nitrogen and oxygen atoms in total. The van der Waals surface area contributed by atoms with E-state index in [9.17, 15) is 4.79 Å². The van der Waals surface area contributed by atoms with E-state index in [1.54, 1.807) is 0 Å². The van der Waals surface area contributed by atoms with E-state index in [0.29, 0.717) is 17.8 Å². The van der Waals surface area contributed by atoms with Crippen molar-refractivity contribution in [1.82, 2.24) is 9.88 Å². The molecular weight excluding hydrogens is 356 g/mol. The van der Waals surface area contributed by atoms with Crippen molar-refractivity contribution in [1.29, 1.82) is 0 Å². The Bertz CT molecular complexity index is 782. The van der Waals surface area contributed by atoms with Crippen LogP contribution in [0.4, 0.5) is 4.79 Å². The maximum atomic E-state index is 12.3. The molecule has 5 heteroatoms. The summed E-state index contributed by atoms with van der Waals surface area (Å²) in [6, 6.07) is 10.5. The van der Waals surface area contributed by atoms with Crippen LogP contribution in [0.1, 0.15) is 38.6 Å². The number of benzene rings is 1. The van der Waals surface area contributed by atoms with Crippen molar-refractivity contribution in [2.45, 2.75) is 45.6 Å². The fourth-order valence-electron chi connectivity index (χ4n) is 4.46. The number of fused-ring (bicyclic) bond motifs is 1. The van der Waals surface area contributed by atoms with E-state index in [4.69, 9.17) is 4.74 Å². The van der Waals surface area contributed by atoms with Gasteiger partial charge in [-0.15, -0.1) is 11.3 Å². The molecule has 0 bridgehead atoms. The third-order valence-corrected chi connectivity index (χ3v) is 6.64. The number of aromatic nitrogens is 1. The van der Waals surface area contributed by atoms with E-state index in [-0.39, 0.29) is 6.09 Å². The van der Waals surface area contributed by atoms with Crippen LogP contribution in [-0.4, -0.2) is 34.7 Å². The number of hydrogen-bond acceptors (Lipinski definition) is 4. The highest BCUT2D eigenvalue weighted by molar-refractivity contribution is 7.15. The van der Waals surface area contributed by atoms with Gasteiger partial charge in [0.2, 0.25) is 0 Å². The standard InChI is InChI=1S/C22H28N2O2S/c1-22(2,3)26-21(25)24-13-17-9-15(10-18(17)14-24)11-20-23-12-19(27-20)16-7-5-4-6-8-16/h4-8,12,15,17-18H,9-11,13-14H2,1-3H3/t15?,17-,18+. The summed E-state index contributed by atoms with van der Waals surface area (Å²) < 4.78 is 5.53. The molecule has 2 fully saturated rings. The maximum Gasteiger partial charge on any atom is 0.410 e. The van der Waals surface area contributed by atoms with Gasteiger partial charge in [-0.3, -0.25) is 0 Å². The molecular formula is C22H28N2O2S. The number of thiazole rings is 1. The molecule has 1 saturated heterocycles. The van der Waals surface area contributed by atoms with Gasteiger partial charge in [0.05, 0.1) is 9.88 Å². The maximum absolute atomic E-state index is 12.3. The Balaban J connectivity index is 1.31. The molecule has 0 spiro atoms. The number of hydrogen-bond donors (Lipinski definition) is 0. The van der Waals surface area contributed by atoms with E-state index in [1.165, 1.54) is 28.3 Å². The minimum atomic E-state index is -0.418. The summed E-state index contributed by atoms with van der Waals surface area (Å²) in [6.07, 6.45) is 5.32. The number of nitrogens with zero attached hydrogens (tertiary/aromatic N) is 2. The molecule has 1 aliphatic heterocycles. The van der Waals surface area contributed by atoms with Crippen LogP contribution in [-0.2, 0) is 11.2 Å². The Morgan fingerprint density at radius 1 is 1.19 bits per heavy atom. The van der Waals surface area contributed by atoms with Crippen LogP contribution in [0, 0.1) is 17.8 Å². The minimum Gasteiger partial charge on any atom is -0.444 e. The van der Waals surface area contributed by atoms with Crippen molar-refractivity contribution < 1.29 is 9.53 Å². The molecule has 1 aliphatic carbocycles. The molecule has 1 amide bonds. The fraction of sp³-hybridized carbons (Fsp3) is 0.545. The van der Waals surface area contributed by atoms with Crippen molar-refractivity contribution in [3.05, 3.63) is 41.5 Å². The molecule has 1 unspecified atom stereocenters.